The molecule has 0 heterocycles. The number of carbonyl (C=O) groups is 1. The average Bonchev–Trinajstić information content (AvgIpc) is 2.48. The van der Waals surface area contributed by atoms with Crippen molar-refractivity contribution in [1.29, 1.82) is 0 Å². The van der Waals surface area contributed by atoms with E-state index in [4.69, 9.17) is 16.3 Å². The maximum atomic E-state index is 12.0. The van der Waals surface area contributed by atoms with Crippen molar-refractivity contribution in [3.8, 4) is 5.75 Å². The minimum absolute atomic E-state index is 0.0641. The van der Waals surface area contributed by atoms with Gasteiger partial charge in [0, 0.05) is 9.92 Å². The number of anilines is 1. The van der Waals surface area contributed by atoms with Crippen molar-refractivity contribution in [3.63, 3.8) is 0 Å². The van der Waals surface area contributed by atoms with Crippen LogP contribution in [0.25, 0.3) is 0 Å². The largest absolute Gasteiger partial charge is 0.483 e. The molecule has 2 aromatic rings. The van der Waals surface area contributed by atoms with E-state index in [2.05, 4.69) is 28.2 Å². The zero-order valence-corrected chi connectivity index (χ0v) is 15.1. The number of halogens is 2. The third-order valence-electron chi connectivity index (χ3n) is 2.71. The molecule has 0 unspecified atom stereocenters. The maximum Gasteiger partial charge on any atom is 0.262 e. The van der Waals surface area contributed by atoms with E-state index in [1.165, 1.54) is 0 Å². The molecule has 0 atom stereocenters. The molecule has 0 spiro atoms. The third-order valence-corrected chi connectivity index (χ3v) is 4.52. The van der Waals surface area contributed by atoms with Crippen LogP contribution in [-0.2, 0) is 4.79 Å². The Morgan fingerprint density at radius 2 is 2.09 bits per heavy atom. The van der Waals surface area contributed by atoms with Gasteiger partial charge in [0.05, 0.1) is 10.2 Å². The van der Waals surface area contributed by atoms with Gasteiger partial charge < -0.3 is 10.1 Å². The Hall–Kier alpha value is -1.17. The summed E-state index contributed by atoms with van der Waals surface area (Å²) in [5.41, 5.74) is 0.804. The second-order valence-electron chi connectivity index (χ2n) is 4.34. The number of hydrogen-bond acceptors (Lipinski definition) is 3. The van der Waals surface area contributed by atoms with Crippen LogP contribution in [0.1, 0.15) is 6.92 Å². The summed E-state index contributed by atoms with van der Waals surface area (Å²) < 4.78 is 6.22. The summed E-state index contributed by atoms with van der Waals surface area (Å²) in [5, 5.41) is 3.48. The molecule has 0 aliphatic carbocycles. The molecule has 0 aliphatic heterocycles. The van der Waals surface area contributed by atoms with E-state index < -0.39 is 0 Å². The molecule has 0 bridgehead atoms. The molecule has 3 nitrogen and oxygen atoms in total. The zero-order chi connectivity index (χ0) is 15.9. The molecule has 0 saturated carbocycles. The van der Waals surface area contributed by atoms with E-state index in [-0.39, 0.29) is 12.5 Å². The summed E-state index contributed by atoms with van der Waals surface area (Å²) in [6, 6.07) is 12.9. The highest BCUT2D eigenvalue weighted by Gasteiger charge is 2.09. The normalized spacial score (nSPS) is 10.3. The van der Waals surface area contributed by atoms with Crippen molar-refractivity contribution in [1.82, 2.24) is 0 Å². The van der Waals surface area contributed by atoms with Crippen molar-refractivity contribution >= 4 is 50.9 Å². The van der Waals surface area contributed by atoms with Crippen LogP contribution >= 0.6 is 39.3 Å². The van der Waals surface area contributed by atoms with E-state index in [9.17, 15) is 4.79 Å². The second-order valence-corrected chi connectivity index (χ2v) is 6.94. The SMILES string of the molecule is CCSc1ccccc1NC(=O)COc1ccc(Cl)cc1Br. The molecule has 1 N–H and O–H groups in total. The number of ether oxygens (including phenoxy) is 1. The van der Waals surface area contributed by atoms with Gasteiger partial charge in [-0.3, -0.25) is 4.79 Å². The Kier molecular flexibility index (Phi) is 6.61. The van der Waals surface area contributed by atoms with Crippen LogP contribution in [0.3, 0.4) is 0 Å². The molecule has 2 rings (SSSR count). The van der Waals surface area contributed by atoms with Crippen LogP contribution in [-0.4, -0.2) is 18.3 Å². The number of nitrogens with one attached hydrogen (secondary N) is 1. The lowest BCUT2D eigenvalue weighted by Crippen LogP contribution is -2.20. The van der Waals surface area contributed by atoms with Gasteiger partial charge in [-0.05, 0) is 52.0 Å². The number of carbonyl (C=O) groups excluding carboxylic acids is 1. The molecule has 0 saturated heterocycles. The molecule has 116 valence electrons. The average molecular weight is 401 g/mol. The Bertz CT molecular complexity index is 666. The summed E-state index contributed by atoms with van der Waals surface area (Å²) in [5.74, 6) is 1.32. The van der Waals surface area contributed by atoms with Gasteiger partial charge in [0.25, 0.3) is 5.91 Å². The van der Waals surface area contributed by atoms with Gasteiger partial charge in [-0.1, -0.05) is 30.7 Å². The van der Waals surface area contributed by atoms with Gasteiger partial charge in [0.15, 0.2) is 6.61 Å². The Balaban J connectivity index is 1.96. The van der Waals surface area contributed by atoms with Crippen molar-refractivity contribution in [3.05, 3.63) is 52.0 Å². The quantitative estimate of drug-likeness (QED) is 0.675. The second kappa shape index (κ2) is 8.46. The first-order chi connectivity index (χ1) is 10.6. The van der Waals surface area contributed by atoms with Crippen molar-refractivity contribution in [2.45, 2.75) is 11.8 Å². The van der Waals surface area contributed by atoms with Crippen LogP contribution in [0.2, 0.25) is 5.02 Å². The molecule has 2 aromatic carbocycles. The molecule has 1 amide bonds. The molecule has 0 aromatic heterocycles. The Morgan fingerprint density at radius 3 is 2.82 bits per heavy atom. The minimum Gasteiger partial charge on any atom is -0.483 e. The highest BCUT2D eigenvalue weighted by atomic mass is 79.9. The fraction of sp³-hybridized carbons (Fsp3) is 0.188. The summed E-state index contributed by atoms with van der Waals surface area (Å²) >= 11 is 10.9. The number of para-hydroxylation sites is 1. The summed E-state index contributed by atoms with van der Waals surface area (Å²) in [4.78, 5) is 13.1. The van der Waals surface area contributed by atoms with Gasteiger partial charge in [0.1, 0.15) is 5.75 Å². The van der Waals surface area contributed by atoms with Crippen molar-refractivity contribution < 1.29 is 9.53 Å². The van der Waals surface area contributed by atoms with Gasteiger partial charge in [-0.15, -0.1) is 11.8 Å². The molecule has 22 heavy (non-hydrogen) atoms. The summed E-state index contributed by atoms with van der Waals surface area (Å²) in [7, 11) is 0. The first kappa shape index (κ1) is 17.2. The first-order valence-electron chi connectivity index (χ1n) is 6.69. The first-order valence-corrected chi connectivity index (χ1v) is 8.85. The highest BCUT2D eigenvalue weighted by Crippen LogP contribution is 2.28. The lowest BCUT2D eigenvalue weighted by atomic mass is 10.3. The van der Waals surface area contributed by atoms with E-state index in [1.807, 2.05) is 24.3 Å². The van der Waals surface area contributed by atoms with Crippen molar-refractivity contribution in [2.24, 2.45) is 0 Å². The van der Waals surface area contributed by atoms with Crippen LogP contribution in [0.4, 0.5) is 5.69 Å². The maximum absolute atomic E-state index is 12.0. The smallest absolute Gasteiger partial charge is 0.262 e. The zero-order valence-electron chi connectivity index (χ0n) is 11.9. The molecular weight excluding hydrogens is 386 g/mol. The molecule has 6 heteroatoms. The third kappa shape index (κ3) is 4.93. The molecule has 0 radical (unpaired) electrons. The van der Waals surface area contributed by atoms with Crippen LogP contribution in [0.15, 0.2) is 51.8 Å². The van der Waals surface area contributed by atoms with E-state index in [0.717, 1.165) is 20.8 Å². The number of thioether (sulfide) groups is 1. The number of rotatable bonds is 6. The van der Waals surface area contributed by atoms with Gasteiger partial charge in [-0.25, -0.2) is 0 Å². The number of benzene rings is 2. The van der Waals surface area contributed by atoms with Crippen LogP contribution in [0.5, 0.6) is 5.75 Å². The lowest BCUT2D eigenvalue weighted by Gasteiger charge is -2.11. The van der Waals surface area contributed by atoms with Gasteiger partial charge >= 0.3 is 0 Å². The fourth-order valence-electron chi connectivity index (χ4n) is 1.77. The number of amides is 1. The van der Waals surface area contributed by atoms with E-state index >= 15 is 0 Å². The molecule has 0 fully saturated rings. The highest BCUT2D eigenvalue weighted by molar-refractivity contribution is 9.10. The standard InChI is InChI=1S/C16H15BrClNO2S/c1-2-22-15-6-4-3-5-13(15)19-16(20)10-21-14-8-7-11(18)9-12(14)17/h3-9H,2,10H2,1H3,(H,19,20). The van der Waals surface area contributed by atoms with Gasteiger partial charge in [-0.2, -0.15) is 0 Å². The number of hydrogen-bond donors (Lipinski definition) is 1. The predicted octanol–water partition coefficient (Wildman–Crippen LogP) is 5.23. The summed E-state index contributed by atoms with van der Waals surface area (Å²) in [6.07, 6.45) is 0. The van der Waals surface area contributed by atoms with Crippen LogP contribution < -0.4 is 10.1 Å². The summed E-state index contributed by atoms with van der Waals surface area (Å²) in [6.45, 7) is 2.01. The monoisotopic (exact) mass is 399 g/mol. The topological polar surface area (TPSA) is 38.3 Å². The minimum atomic E-state index is -0.203. The van der Waals surface area contributed by atoms with Gasteiger partial charge in [0.2, 0.25) is 0 Å². The lowest BCUT2D eigenvalue weighted by molar-refractivity contribution is -0.118. The van der Waals surface area contributed by atoms with E-state index in [1.54, 1.807) is 30.0 Å². The van der Waals surface area contributed by atoms with Crippen LogP contribution in [0, 0.1) is 0 Å². The molecular formula is C16H15BrClNO2S. The molecule has 0 aliphatic rings. The fourth-order valence-corrected chi connectivity index (χ4v) is 3.33. The predicted molar refractivity (Wildman–Crippen MR) is 96.1 cm³/mol. The van der Waals surface area contributed by atoms with E-state index in [0.29, 0.717) is 10.8 Å². The Labute approximate surface area is 147 Å². The Morgan fingerprint density at radius 1 is 1.32 bits per heavy atom. The van der Waals surface area contributed by atoms with Crippen molar-refractivity contribution in [2.75, 3.05) is 17.7 Å².